The summed E-state index contributed by atoms with van der Waals surface area (Å²) >= 11 is 11.8. The van der Waals surface area contributed by atoms with Crippen molar-refractivity contribution in [2.45, 2.75) is 12.3 Å². The zero-order chi connectivity index (χ0) is 17.0. The number of aliphatic carboxylic acids is 1. The first-order valence-corrected chi connectivity index (χ1v) is 7.36. The Morgan fingerprint density at radius 2 is 1.78 bits per heavy atom. The number of amides is 1. The summed E-state index contributed by atoms with van der Waals surface area (Å²) in [4.78, 5) is 23.5. The van der Waals surface area contributed by atoms with E-state index in [1.807, 2.05) is 0 Å². The zero-order valence-corrected chi connectivity index (χ0v) is 13.2. The molecule has 7 heteroatoms. The minimum atomic E-state index is -1.18. The molecule has 0 aliphatic carbocycles. The average molecular weight is 356 g/mol. The molecule has 0 aliphatic heterocycles. The predicted molar refractivity (Wildman–Crippen MR) is 86.5 cm³/mol. The maximum absolute atomic E-state index is 12.9. The lowest BCUT2D eigenvalue weighted by Gasteiger charge is -2.13. The smallest absolute Gasteiger partial charge is 0.311 e. The number of carboxylic acid groups (broad SMARTS) is 1. The van der Waals surface area contributed by atoms with Gasteiger partial charge in [-0.1, -0.05) is 41.4 Å². The molecule has 2 N–H and O–H groups in total. The molecule has 4 nitrogen and oxygen atoms in total. The van der Waals surface area contributed by atoms with Gasteiger partial charge in [-0.15, -0.1) is 0 Å². The van der Waals surface area contributed by atoms with Gasteiger partial charge >= 0.3 is 5.97 Å². The van der Waals surface area contributed by atoms with E-state index in [9.17, 15) is 19.1 Å². The molecule has 1 amide bonds. The maximum atomic E-state index is 12.9. The van der Waals surface area contributed by atoms with Gasteiger partial charge in [-0.3, -0.25) is 9.59 Å². The summed E-state index contributed by atoms with van der Waals surface area (Å²) in [6, 6.07) is 9.71. The van der Waals surface area contributed by atoms with Crippen LogP contribution in [-0.4, -0.2) is 17.0 Å². The fourth-order valence-corrected chi connectivity index (χ4v) is 2.38. The van der Waals surface area contributed by atoms with Gasteiger partial charge in [-0.25, -0.2) is 4.39 Å². The van der Waals surface area contributed by atoms with Gasteiger partial charge in [0.2, 0.25) is 5.91 Å². The lowest BCUT2D eigenvalue weighted by molar-refractivity contribution is -0.140. The molecule has 0 spiro atoms. The van der Waals surface area contributed by atoms with Crippen molar-refractivity contribution >= 4 is 40.8 Å². The number of carbonyl (C=O) groups is 2. The van der Waals surface area contributed by atoms with Crippen molar-refractivity contribution in [1.82, 2.24) is 0 Å². The molecule has 2 rings (SSSR count). The number of carboxylic acids is 1. The number of benzene rings is 2. The third-order valence-corrected chi connectivity index (χ3v) is 4.00. The van der Waals surface area contributed by atoms with E-state index >= 15 is 0 Å². The third kappa shape index (κ3) is 4.43. The van der Waals surface area contributed by atoms with Crippen molar-refractivity contribution in [1.29, 1.82) is 0 Å². The summed E-state index contributed by atoms with van der Waals surface area (Å²) in [6.45, 7) is 0. The molecule has 23 heavy (non-hydrogen) atoms. The summed E-state index contributed by atoms with van der Waals surface area (Å²) in [7, 11) is 0. The standard InChI is InChI=1S/C16H12Cl2FNO3/c17-12-2-1-3-13(15(12)18)20-14(21)8-11(16(22)23)9-4-6-10(19)7-5-9/h1-7,11H,8H2,(H,20,21)(H,22,23). The normalized spacial score (nSPS) is 11.8. The van der Waals surface area contributed by atoms with Crippen LogP contribution in [0.4, 0.5) is 10.1 Å². The van der Waals surface area contributed by atoms with Crippen LogP contribution in [0, 0.1) is 5.82 Å². The van der Waals surface area contributed by atoms with Crippen LogP contribution in [0.15, 0.2) is 42.5 Å². The Labute approximate surface area is 141 Å². The second-order valence-corrected chi connectivity index (χ2v) is 5.58. The molecule has 0 heterocycles. The molecule has 0 bridgehead atoms. The highest BCUT2D eigenvalue weighted by Crippen LogP contribution is 2.30. The molecule has 0 radical (unpaired) electrons. The first kappa shape index (κ1) is 17.2. The minimum Gasteiger partial charge on any atom is -0.481 e. The van der Waals surface area contributed by atoms with Gasteiger partial charge in [0.25, 0.3) is 0 Å². The van der Waals surface area contributed by atoms with E-state index in [-0.39, 0.29) is 16.5 Å². The molecule has 1 unspecified atom stereocenters. The molecule has 0 aromatic heterocycles. The van der Waals surface area contributed by atoms with Gasteiger partial charge in [0, 0.05) is 6.42 Å². The lowest BCUT2D eigenvalue weighted by Crippen LogP contribution is -2.21. The Morgan fingerprint density at radius 3 is 2.39 bits per heavy atom. The van der Waals surface area contributed by atoms with E-state index in [2.05, 4.69) is 5.32 Å². The molecule has 0 aliphatic rings. The Morgan fingerprint density at radius 1 is 1.13 bits per heavy atom. The molecule has 2 aromatic rings. The summed E-state index contributed by atoms with van der Waals surface area (Å²) in [5.74, 6) is -3.28. The fraction of sp³-hybridized carbons (Fsp3) is 0.125. The van der Waals surface area contributed by atoms with E-state index in [1.165, 1.54) is 12.1 Å². The molecule has 0 saturated carbocycles. The summed E-state index contributed by atoms with van der Waals surface area (Å²) in [5.41, 5.74) is 0.638. The fourth-order valence-electron chi connectivity index (χ4n) is 2.03. The first-order valence-electron chi connectivity index (χ1n) is 6.60. The van der Waals surface area contributed by atoms with Crippen molar-refractivity contribution in [3.63, 3.8) is 0 Å². The largest absolute Gasteiger partial charge is 0.481 e. The van der Waals surface area contributed by atoms with Crippen molar-refractivity contribution < 1.29 is 19.1 Å². The SMILES string of the molecule is O=C(CC(C(=O)O)c1ccc(F)cc1)Nc1cccc(Cl)c1Cl. The van der Waals surface area contributed by atoms with E-state index in [0.717, 1.165) is 12.1 Å². The lowest BCUT2D eigenvalue weighted by atomic mass is 9.95. The minimum absolute atomic E-state index is 0.177. The van der Waals surface area contributed by atoms with Crippen molar-refractivity contribution in [3.05, 3.63) is 63.9 Å². The number of rotatable bonds is 5. The van der Waals surface area contributed by atoms with Crippen LogP contribution in [0.3, 0.4) is 0 Å². The molecule has 0 saturated heterocycles. The Balaban J connectivity index is 2.14. The van der Waals surface area contributed by atoms with E-state index in [4.69, 9.17) is 23.2 Å². The van der Waals surface area contributed by atoms with E-state index in [1.54, 1.807) is 18.2 Å². The van der Waals surface area contributed by atoms with Gasteiger partial charge in [-0.2, -0.15) is 0 Å². The van der Waals surface area contributed by atoms with Crippen LogP contribution in [0.1, 0.15) is 17.9 Å². The Hall–Kier alpha value is -2.11. The zero-order valence-electron chi connectivity index (χ0n) is 11.7. The van der Waals surface area contributed by atoms with Crippen molar-refractivity contribution in [2.75, 3.05) is 5.32 Å². The Bertz CT molecular complexity index is 735. The highest BCUT2D eigenvalue weighted by Gasteiger charge is 2.23. The average Bonchev–Trinajstić information content (AvgIpc) is 2.50. The monoisotopic (exact) mass is 355 g/mol. The topological polar surface area (TPSA) is 66.4 Å². The summed E-state index contributed by atoms with van der Waals surface area (Å²) in [5, 5.41) is 12.3. The van der Waals surface area contributed by atoms with Crippen LogP contribution in [0.2, 0.25) is 10.0 Å². The summed E-state index contributed by atoms with van der Waals surface area (Å²) in [6.07, 6.45) is -0.316. The van der Waals surface area contributed by atoms with Gasteiger partial charge in [0.15, 0.2) is 0 Å². The van der Waals surface area contributed by atoms with Crippen molar-refractivity contribution in [2.24, 2.45) is 0 Å². The van der Waals surface area contributed by atoms with Crippen LogP contribution < -0.4 is 5.32 Å². The third-order valence-electron chi connectivity index (χ3n) is 3.19. The van der Waals surface area contributed by atoms with Crippen LogP contribution in [-0.2, 0) is 9.59 Å². The van der Waals surface area contributed by atoms with Crippen LogP contribution in [0.5, 0.6) is 0 Å². The van der Waals surface area contributed by atoms with Gasteiger partial charge in [0.1, 0.15) is 5.82 Å². The first-order chi connectivity index (χ1) is 10.9. The quantitative estimate of drug-likeness (QED) is 0.838. The predicted octanol–water partition coefficient (Wildman–Crippen LogP) is 4.33. The second-order valence-electron chi connectivity index (χ2n) is 4.80. The van der Waals surface area contributed by atoms with E-state index in [0.29, 0.717) is 11.3 Å². The number of carbonyl (C=O) groups excluding carboxylic acids is 1. The molecular formula is C16H12Cl2FNO3. The van der Waals surface area contributed by atoms with Gasteiger partial charge in [0.05, 0.1) is 21.7 Å². The van der Waals surface area contributed by atoms with E-state index < -0.39 is 23.6 Å². The Kier molecular flexibility index (Phi) is 5.58. The molecule has 0 fully saturated rings. The molecular weight excluding hydrogens is 344 g/mol. The number of anilines is 1. The van der Waals surface area contributed by atoms with Gasteiger partial charge < -0.3 is 10.4 Å². The number of hydrogen-bond acceptors (Lipinski definition) is 2. The van der Waals surface area contributed by atoms with Crippen molar-refractivity contribution in [3.8, 4) is 0 Å². The number of halogens is 3. The van der Waals surface area contributed by atoms with Gasteiger partial charge in [-0.05, 0) is 29.8 Å². The molecule has 1 atom stereocenters. The van der Waals surface area contributed by atoms with Crippen LogP contribution >= 0.6 is 23.2 Å². The summed E-state index contributed by atoms with van der Waals surface area (Å²) < 4.78 is 12.9. The molecule has 2 aromatic carbocycles. The number of hydrogen-bond donors (Lipinski definition) is 2. The van der Waals surface area contributed by atoms with Crippen LogP contribution in [0.25, 0.3) is 0 Å². The highest BCUT2D eigenvalue weighted by molar-refractivity contribution is 6.44. The molecule has 120 valence electrons. The number of nitrogens with one attached hydrogen (secondary N) is 1. The highest BCUT2D eigenvalue weighted by atomic mass is 35.5. The maximum Gasteiger partial charge on any atom is 0.311 e. The second kappa shape index (κ2) is 7.44.